The molecule has 5 heteroatoms. The second kappa shape index (κ2) is 3.01. The number of phenols is 1. The molecule has 0 unspecified atom stereocenters. The van der Waals surface area contributed by atoms with Crippen LogP contribution in [0.2, 0.25) is 0 Å². The summed E-state index contributed by atoms with van der Waals surface area (Å²) in [5.41, 5.74) is -1.18. The molecule has 0 aliphatic rings. The first-order chi connectivity index (χ1) is 5.95. The summed E-state index contributed by atoms with van der Waals surface area (Å²) in [5.74, 6) is -5.12. The monoisotopic (exact) mass is 188 g/mol. The zero-order chi connectivity index (χ0) is 10.2. The van der Waals surface area contributed by atoms with Crippen LogP contribution in [0, 0.1) is 18.6 Å². The highest BCUT2D eigenvalue weighted by Crippen LogP contribution is 2.26. The van der Waals surface area contributed by atoms with E-state index < -0.39 is 28.9 Å². The molecule has 1 rings (SSSR count). The second-order valence-corrected chi connectivity index (χ2v) is 2.52. The van der Waals surface area contributed by atoms with Gasteiger partial charge in [0.15, 0.2) is 11.6 Å². The fourth-order valence-electron chi connectivity index (χ4n) is 0.939. The molecular formula is C8H6F2O3. The number of halogens is 2. The molecule has 0 amide bonds. The van der Waals surface area contributed by atoms with E-state index in [0.29, 0.717) is 0 Å². The predicted molar refractivity (Wildman–Crippen MR) is 39.7 cm³/mol. The normalized spacial score (nSPS) is 10.1. The molecule has 0 saturated heterocycles. The summed E-state index contributed by atoms with van der Waals surface area (Å²) in [6.07, 6.45) is 0. The molecule has 0 radical (unpaired) electrons. The molecule has 0 atom stereocenters. The van der Waals surface area contributed by atoms with Crippen molar-refractivity contribution < 1.29 is 23.8 Å². The number of carboxylic acids is 1. The molecule has 1 aromatic carbocycles. The van der Waals surface area contributed by atoms with Crippen LogP contribution < -0.4 is 0 Å². The molecule has 3 nitrogen and oxygen atoms in total. The number of aromatic hydroxyl groups is 1. The molecule has 0 aliphatic carbocycles. The van der Waals surface area contributed by atoms with Crippen molar-refractivity contribution in [2.75, 3.05) is 0 Å². The van der Waals surface area contributed by atoms with E-state index in [1.807, 2.05) is 0 Å². The van der Waals surface area contributed by atoms with Crippen LogP contribution >= 0.6 is 0 Å². The smallest absolute Gasteiger partial charge is 0.342 e. The Kier molecular flexibility index (Phi) is 2.18. The van der Waals surface area contributed by atoms with Gasteiger partial charge < -0.3 is 10.2 Å². The van der Waals surface area contributed by atoms with Crippen molar-refractivity contribution in [3.63, 3.8) is 0 Å². The van der Waals surface area contributed by atoms with Gasteiger partial charge in [0.05, 0.1) is 0 Å². The maximum Gasteiger partial charge on any atom is 0.342 e. The molecule has 0 heterocycles. The Bertz CT molecular complexity index is 374. The van der Waals surface area contributed by atoms with Crippen LogP contribution in [0.15, 0.2) is 6.07 Å². The lowest BCUT2D eigenvalue weighted by Gasteiger charge is -2.04. The third-order valence-corrected chi connectivity index (χ3v) is 1.59. The summed E-state index contributed by atoms with van der Waals surface area (Å²) in [7, 11) is 0. The highest BCUT2D eigenvalue weighted by Gasteiger charge is 2.21. The lowest BCUT2D eigenvalue weighted by Crippen LogP contribution is -2.03. The third kappa shape index (κ3) is 1.44. The number of carbonyl (C=O) groups is 1. The SMILES string of the molecule is Cc1cc(F)c(C(=O)O)c(O)c1F. The average Bonchev–Trinajstić information content (AvgIpc) is 1.99. The van der Waals surface area contributed by atoms with Crippen LogP contribution in [0.3, 0.4) is 0 Å². The fourth-order valence-corrected chi connectivity index (χ4v) is 0.939. The Morgan fingerprint density at radius 3 is 2.46 bits per heavy atom. The predicted octanol–water partition coefficient (Wildman–Crippen LogP) is 1.68. The van der Waals surface area contributed by atoms with Gasteiger partial charge in [-0.1, -0.05) is 0 Å². The topological polar surface area (TPSA) is 57.5 Å². The molecule has 0 bridgehead atoms. The molecule has 70 valence electrons. The summed E-state index contributed by atoms with van der Waals surface area (Å²) in [4.78, 5) is 10.3. The number of hydrogen-bond acceptors (Lipinski definition) is 2. The number of carboxylic acid groups (broad SMARTS) is 1. The first-order valence-corrected chi connectivity index (χ1v) is 3.36. The van der Waals surface area contributed by atoms with Gasteiger partial charge in [0, 0.05) is 0 Å². The Hall–Kier alpha value is -1.65. The van der Waals surface area contributed by atoms with Gasteiger partial charge >= 0.3 is 5.97 Å². The van der Waals surface area contributed by atoms with Gasteiger partial charge in [-0.15, -0.1) is 0 Å². The van der Waals surface area contributed by atoms with E-state index in [1.165, 1.54) is 6.92 Å². The van der Waals surface area contributed by atoms with Gasteiger partial charge in [-0.25, -0.2) is 13.6 Å². The minimum Gasteiger partial charge on any atom is -0.504 e. The molecule has 1 aromatic rings. The van der Waals surface area contributed by atoms with Gasteiger partial charge in [-0.05, 0) is 18.6 Å². The molecular weight excluding hydrogens is 182 g/mol. The number of hydrogen-bond donors (Lipinski definition) is 2. The summed E-state index contributed by atoms with van der Waals surface area (Å²) < 4.78 is 25.7. The van der Waals surface area contributed by atoms with Crippen LogP contribution in [-0.2, 0) is 0 Å². The van der Waals surface area contributed by atoms with Crippen molar-refractivity contribution in [3.05, 3.63) is 28.8 Å². The van der Waals surface area contributed by atoms with Crippen LogP contribution in [0.5, 0.6) is 5.75 Å². The van der Waals surface area contributed by atoms with E-state index >= 15 is 0 Å². The first kappa shape index (κ1) is 9.44. The number of aryl methyl sites for hydroxylation is 1. The Labute approximate surface area is 72.2 Å². The van der Waals surface area contributed by atoms with Crippen molar-refractivity contribution in [2.24, 2.45) is 0 Å². The van der Waals surface area contributed by atoms with Gasteiger partial charge in [0.2, 0.25) is 0 Å². The van der Waals surface area contributed by atoms with Gasteiger partial charge in [0.1, 0.15) is 11.4 Å². The largest absolute Gasteiger partial charge is 0.504 e. The van der Waals surface area contributed by atoms with Crippen molar-refractivity contribution in [3.8, 4) is 5.75 Å². The second-order valence-electron chi connectivity index (χ2n) is 2.52. The number of aromatic carboxylic acids is 1. The molecule has 13 heavy (non-hydrogen) atoms. The summed E-state index contributed by atoms with van der Waals surface area (Å²) in [6.45, 7) is 1.23. The fraction of sp³-hybridized carbons (Fsp3) is 0.125. The highest BCUT2D eigenvalue weighted by atomic mass is 19.1. The van der Waals surface area contributed by atoms with Crippen molar-refractivity contribution in [1.29, 1.82) is 0 Å². The molecule has 0 saturated carbocycles. The van der Waals surface area contributed by atoms with Crippen LogP contribution in [0.4, 0.5) is 8.78 Å². The standard InChI is InChI=1S/C8H6F2O3/c1-3-2-4(9)5(8(12)13)7(11)6(3)10/h2,11H,1H3,(H,12,13). The minimum absolute atomic E-state index is 0.139. The Morgan fingerprint density at radius 2 is 2.00 bits per heavy atom. The van der Waals surface area contributed by atoms with Gasteiger partial charge in [-0.3, -0.25) is 0 Å². The number of benzene rings is 1. The first-order valence-electron chi connectivity index (χ1n) is 3.36. The Morgan fingerprint density at radius 1 is 1.46 bits per heavy atom. The summed E-state index contributed by atoms with van der Waals surface area (Å²) in [5, 5.41) is 17.3. The van der Waals surface area contributed by atoms with Crippen LogP contribution in [0.25, 0.3) is 0 Å². The summed E-state index contributed by atoms with van der Waals surface area (Å²) in [6, 6.07) is 0.721. The zero-order valence-corrected chi connectivity index (χ0v) is 6.64. The quantitative estimate of drug-likeness (QED) is 0.704. The third-order valence-electron chi connectivity index (χ3n) is 1.59. The van der Waals surface area contributed by atoms with E-state index in [-0.39, 0.29) is 5.56 Å². The lowest BCUT2D eigenvalue weighted by atomic mass is 10.1. The van der Waals surface area contributed by atoms with Crippen molar-refractivity contribution in [2.45, 2.75) is 6.92 Å². The van der Waals surface area contributed by atoms with E-state index in [0.717, 1.165) is 6.07 Å². The maximum absolute atomic E-state index is 12.9. The molecule has 0 fully saturated rings. The van der Waals surface area contributed by atoms with Crippen molar-refractivity contribution in [1.82, 2.24) is 0 Å². The van der Waals surface area contributed by atoms with Gasteiger partial charge in [-0.2, -0.15) is 0 Å². The van der Waals surface area contributed by atoms with E-state index in [2.05, 4.69) is 0 Å². The Balaban J connectivity index is 3.53. The van der Waals surface area contributed by atoms with Crippen LogP contribution in [-0.4, -0.2) is 16.2 Å². The van der Waals surface area contributed by atoms with Gasteiger partial charge in [0.25, 0.3) is 0 Å². The highest BCUT2D eigenvalue weighted by molar-refractivity contribution is 5.91. The molecule has 0 spiro atoms. The van der Waals surface area contributed by atoms with E-state index in [1.54, 1.807) is 0 Å². The zero-order valence-electron chi connectivity index (χ0n) is 6.64. The van der Waals surface area contributed by atoms with Crippen LogP contribution in [0.1, 0.15) is 15.9 Å². The molecule has 2 N–H and O–H groups in total. The number of rotatable bonds is 1. The lowest BCUT2D eigenvalue weighted by molar-refractivity contribution is 0.0687. The summed E-state index contributed by atoms with van der Waals surface area (Å²) >= 11 is 0. The maximum atomic E-state index is 12.9. The molecule has 0 aliphatic heterocycles. The van der Waals surface area contributed by atoms with E-state index in [9.17, 15) is 13.6 Å². The molecule has 0 aromatic heterocycles. The van der Waals surface area contributed by atoms with Crippen molar-refractivity contribution >= 4 is 5.97 Å². The average molecular weight is 188 g/mol. The van der Waals surface area contributed by atoms with E-state index in [4.69, 9.17) is 10.2 Å². The minimum atomic E-state index is -1.70.